The van der Waals surface area contributed by atoms with E-state index in [4.69, 9.17) is 31.9 Å². The molecule has 0 aliphatic heterocycles. The van der Waals surface area contributed by atoms with Crippen LogP contribution in [-0.4, -0.2) is 90.6 Å². The molecule has 34 heavy (non-hydrogen) atoms. The van der Waals surface area contributed by atoms with Gasteiger partial charge in [0, 0.05) is 12.2 Å². The number of carbonyl (C=O) groups is 1. The van der Waals surface area contributed by atoms with E-state index in [-0.39, 0.29) is 6.61 Å². The van der Waals surface area contributed by atoms with Gasteiger partial charge in [-0.25, -0.2) is 4.79 Å². The Hall–Kier alpha value is -0.379. The molecule has 0 aromatic heterocycles. The molecule has 0 aromatic rings. The quantitative estimate of drug-likeness (QED) is 0.0909. The topological polar surface area (TPSA) is 81.7 Å². The van der Waals surface area contributed by atoms with Crippen LogP contribution >= 0.6 is 0 Å². The van der Waals surface area contributed by atoms with E-state index in [1.54, 1.807) is 6.92 Å². The highest BCUT2D eigenvalue weighted by molar-refractivity contribution is 6.87. The highest BCUT2D eigenvalue weighted by Crippen LogP contribution is 2.27. The highest BCUT2D eigenvalue weighted by atomic mass is 28.5. The minimum atomic E-state index is -2.24. The lowest BCUT2D eigenvalue weighted by Gasteiger charge is -2.39. The van der Waals surface area contributed by atoms with Crippen molar-refractivity contribution in [2.24, 2.45) is 5.92 Å². The van der Waals surface area contributed by atoms with Crippen molar-refractivity contribution in [3.05, 3.63) is 12.2 Å². The third-order valence-electron chi connectivity index (χ3n) is 4.09. The Bertz CT molecular complexity index is 560. The van der Waals surface area contributed by atoms with Gasteiger partial charge in [0.1, 0.15) is 6.61 Å². The largest absolute Gasteiger partial charge is 0.460 e. The van der Waals surface area contributed by atoms with Crippen LogP contribution in [0, 0.1) is 5.92 Å². The predicted octanol–water partition coefficient (Wildman–Crippen LogP) is 4.58. The van der Waals surface area contributed by atoms with Gasteiger partial charge in [0.15, 0.2) is 16.6 Å². The Morgan fingerprint density at radius 1 is 0.706 bits per heavy atom. The zero-order valence-electron chi connectivity index (χ0n) is 23.1. The van der Waals surface area contributed by atoms with E-state index in [1.807, 2.05) is 0 Å². The average molecular weight is 539 g/mol. The predicted molar refractivity (Wildman–Crippen MR) is 143 cm³/mol. The molecule has 0 aliphatic rings. The molecular weight excluding hydrogens is 489 g/mol. The second-order valence-electron chi connectivity index (χ2n) is 10.7. The minimum absolute atomic E-state index is 0.214. The molecule has 0 fully saturated rings. The molecule has 0 heterocycles. The van der Waals surface area contributed by atoms with Crippen molar-refractivity contribution in [3.8, 4) is 0 Å². The lowest BCUT2D eigenvalue weighted by atomic mass is 10.2. The lowest BCUT2D eigenvalue weighted by molar-refractivity contribution is -0.140. The molecule has 0 rings (SSSR count). The van der Waals surface area contributed by atoms with E-state index in [0.717, 1.165) is 6.04 Å². The summed E-state index contributed by atoms with van der Waals surface area (Å²) in [6.45, 7) is 27.1. The molecule has 202 valence electrons. The summed E-state index contributed by atoms with van der Waals surface area (Å²) in [7, 11) is -5.60. The summed E-state index contributed by atoms with van der Waals surface area (Å²) < 4.78 is 40.2. The van der Waals surface area contributed by atoms with Crippen LogP contribution in [-0.2, 0) is 36.7 Å². The van der Waals surface area contributed by atoms with E-state index in [2.05, 4.69) is 59.3 Å². The van der Waals surface area contributed by atoms with Gasteiger partial charge in [-0.2, -0.15) is 0 Å². The summed E-state index contributed by atoms with van der Waals surface area (Å²) in [4.78, 5) is 11.2. The first-order valence-corrected chi connectivity index (χ1v) is 21.5. The summed E-state index contributed by atoms with van der Waals surface area (Å²) in [5, 5.41) is 0. The number of rotatable bonds is 21. The molecule has 1 unspecified atom stereocenters. The Balaban J connectivity index is 3.80. The third-order valence-corrected chi connectivity index (χ3v) is 13.9. The van der Waals surface area contributed by atoms with Gasteiger partial charge in [0.05, 0.1) is 46.2 Å². The van der Waals surface area contributed by atoms with Gasteiger partial charge in [0.25, 0.3) is 0 Å². The smallest absolute Gasteiger partial charge is 0.333 e. The molecule has 0 bridgehead atoms. The molecule has 0 amide bonds. The van der Waals surface area contributed by atoms with Crippen LogP contribution in [0.1, 0.15) is 13.8 Å². The van der Waals surface area contributed by atoms with Crippen LogP contribution in [0.5, 0.6) is 0 Å². The zero-order valence-corrected chi connectivity index (χ0v) is 26.1. The summed E-state index contributed by atoms with van der Waals surface area (Å²) in [6.07, 6.45) is 0. The Morgan fingerprint density at radius 2 is 1.09 bits per heavy atom. The van der Waals surface area contributed by atoms with E-state index in [1.165, 1.54) is 0 Å². The maximum atomic E-state index is 11.2. The zero-order chi connectivity index (χ0) is 26.3. The molecule has 0 N–H and O–H groups in total. The first-order chi connectivity index (χ1) is 15.6. The van der Waals surface area contributed by atoms with Gasteiger partial charge in [0.2, 0.25) is 0 Å². The Kier molecular flexibility index (Phi) is 17.0. The van der Waals surface area contributed by atoms with Crippen LogP contribution in [0.15, 0.2) is 12.2 Å². The van der Waals surface area contributed by atoms with E-state index in [0.29, 0.717) is 64.3 Å². The van der Waals surface area contributed by atoms with Gasteiger partial charge < -0.3 is 31.9 Å². The molecule has 0 aliphatic carbocycles. The average Bonchev–Trinajstić information content (AvgIpc) is 2.64. The van der Waals surface area contributed by atoms with Crippen LogP contribution in [0.25, 0.3) is 0 Å². The fourth-order valence-corrected chi connectivity index (χ4v) is 16.3. The number of hydrogen-bond acceptors (Lipinski definition) is 8. The summed E-state index contributed by atoms with van der Waals surface area (Å²) in [5.41, 5.74) is 0.381. The van der Waals surface area contributed by atoms with Crippen LogP contribution in [0.2, 0.25) is 51.9 Å². The minimum Gasteiger partial charge on any atom is -0.460 e. The first kappa shape index (κ1) is 33.6. The highest BCUT2D eigenvalue weighted by Gasteiger charge is 2.41. The first-order valence-electron chi connectivity index (χ1n) is 12.2. The molecular formula is C23H50O8Si3. The van der Waals surface area contributed by atoms with Gasteiger partial charge in [-0.3, -0.25) is 0 Å². The van der Waals surface area contributed by atoms with E-state index in [9.17, 15) is 4.79 Å². The van der Waals surface area contributed by atoms with Crippen molar-refractivity contribution in [3.63, 3.8) is 0 Å². The second kappa shape index (κ2) is 17.1. The standard InChI is InChI=1S/C23H50O8Si3/c1-21(2)23(24)29-18-17-27-14-13-25-11-12-26-15-16-28-19-22(3)20-34(10,30-32(4,5)6)31-33(7,8)9/h22H,1,11-20H2,2-10H3. The van der Waals surface area contributed by atoms with Crippen LogP contribution in [0.3, 0.4) is 0 Å². The molecule has 0 saturated heterocycles. The molecule has 0 spiro atoms. The number of hydrogen-bond donors (Lipinski definition) is 0. The summed E-state index contributed by atoms with van der Waals surface area (Å²) in [5.74, 6) is -0.0279. The lowest BCUT2D eigenvalue weighted by Crippen LogP contribution is -2.53. The number of esters is 1. The fraction of sp³-hybridized carbons (Fsp3) is 0.870. The van der Waals surface area contributed by atoms with Crippen molar-refractivity contribution < 1.29 is 36.7 Å². The van der Waals surface area contributed by atoms with Crippen molar-refractivity contribution in [1.82, 2.24) is 0 Å². The van der Waals surface area contributed by atoms with Crippen molar-refractivity contribution in [2.45, 2.75) is 65.7 Å². The normalized spacial score (nSPS) is 13.7. The second-order valence-corrected chi connectivity index (χ2v) is 23.5. The summed E-state index contributed by atoms with van der Waals surface area (Å²) >= 11 is 0. The van der Waals surface area contributed by atoms with Crippen LogP contribution < -0.4 is 0 Å². The fourth-order valence-electron chi connectivity index (χ4n) is 3.35. The maximum Gasteiger partial charge on any atom is 0.333 e. The molecule has 8 nitrogen and oxygen atoms in total. The van der Waals surface area contributed by atoms with Gasteiger partial charge in [-0.1, -0.05) is 13.5 Å². The Labute approximate surface area is 211 Å². The van der Waals surface area contributed by atoms with Crippen LogP contribution in [0.4, 0.5) is 0 Å². The van der Waals surface area contributed by atoms with E-state index >= 15 is 0 Å². The maximum absolute atomic E-state index is 11.2. The number of ether oxygens (including phenoxy) is 5. The van der Waals surface area contributed by atoms with Crippen molar-refractivity contribution in [1.29, 1.82) is 0 Å². The van der Waals surface area contributed by atoms with Gasteiger partial charge in [-0.15, -0.1) is 0 Å². The third kappa shape index (κ3) is 20.9. The molecule has 0 aromatic carbocycles. The molecule has 0 radical (unpaired) electrons. The monoisotopic (exact) mass is 538 g/mol. The van der Waals surface area contributed by atoms with Gasteiger partial charge >= 0.3 is 14.5 Å². The van der Waals surface area contributed by atoms with E-state index < -0.39 is 31.2 Å². The van der Waals surface area contributed by atoms with Gasteiger partial charge in [-0.05, 0) is 64.7 Å². The molecule has 11 heteroatoms. The van der Waals surface area contributed by atoms with Crippen molar-refractivity contribution in [2.75, 3.05) is 59.5 Å². The number of carbonyl (C=O) groups excluding carboxylic acids is 1. The molecule has 1 atom stereocenters. The Morgan fingerprint density at radius 3 is 1.47 bits per heavy atom. The summed E-state index contributed by atoms with van der Waals surface area (Å²) in [6, 6.07) is 0.939. The van der Waals surface area contributed by atoms with Crippen molar-refractivity contribution >= 4 is 31.2 Å². The SMILES string of the molecule is C=C(C)C(=O)OCCOCCOCCOCCOCC(C)C[Si](C)(O[Si](C)(C)C)O[Si](C)(C)C. The molecule has 0 saturated carbocycles.